The second kappa shape index (κ2) is 4.65. The Morgan fingerprint density at radius 2 is 1.82 bits per heavy atom. The van der Waals surface area contributed by atoms with Gasteiger partial charge in [0, 0.05) is 18.8 Å². The van der Waals surface area contributed by atoms with Gasteiger partial charge >= 0.3 is 5.69 Å². The first-order chi connectivity index (χ1) is 8.24. The predicted octanol–water partition coefficient (Wildman–Crippen LogP) is 1.19. The van der Waals surface area contributed by atoms with Gasteiger partial charge in [0.25, 0.3) is 5.56 Å². The lowest BCUT2D eigenvalue weighted by Crippen LogP contribution is -2.37. The quantitative estimate of drug-likeness (QED) is 0.740. The van der Waals surface area contributed by atoms with Crippen LogP contribution in [0.3, 0.4) is 0 Å². The summed E-state index contributed by atoms with van der Waals surface area (Å²) in [6.07, 6.45) is 3.09. The van der Waals surface area contributed by atoms with Crippen LogP contribution in [0.1, 0.15) is 0 Å². The highest BCUT2D eigenvalue weighted by molar-refractivity contribution is 5.30. The fourth-order valence-corrected chi connectivity index (χ4v) is 1.61. The number of hydrogen-bond donors (Lipinski definition) is 0. The molecule has 0 aliphatic carbocycles. The molecule has 2 aromatic rings. The third-order valence-corrected chi connectivity index (χ3v) is 2.39. The molecule has 0 fully saturated rings. The minimum Gasteiger partial charge on any atom is -0.296 e. The van der Waals surface area contributed by atoms with Crippen LogP contribution in [-0.4, -0.2) is 9.13 Å². The molecule has 4 nitrogen and oxygen atoms in total. The van der Waals surface area contributed by atoms with Crippen LogP contribution in [0.25, 0.3) is 5.69 Å². The Morgan fingerprint density at radius 1 is 1.12 bits per heavy atom. The van der Waals surface area contributed by atoms with Gasteiger partial charge in [-0.3, -0.25) is 9.36 Å². The van der Waals surface area contributed by atoms with Gasteiger partial charge in [-0.05, 0) is 12.1 Å². The van der Waals surface area contributed by atoms with E-state index in [1.54, 1.807) is 30.3 Å². The smallest absolute Gasteiger partial charge is 0.296 e. The van der Waals surface area contributed by atoms with Crippen LogP contribution in [-0.2, 0) is 6.54 Å². The Morgan fingerprint density at radius 3 is 2.47 bits per heavy atom. The van der Waals surface area contributed by atoms with E-state index >= 15 is 0 Å². The van der Waals surface area contributed by atoms with Crippen molar-refractivity contribution in [2.75, 3.05) is 0 Å². The average molecular weight is 228 g/mol. The second-order valence-electron chi connectivity index (χ2n) is 3.55. The summed E-state index contributed by atoms with van der Waals surface area (Å²) in [5.41, 5.74) is -0.119. The maximum absolute atomic E-state index is 12.1. The zero-order valence-corrected chi connectivity index (χ0v) is 9.24. The summed E-state index contributed by atoms with van der Waals surface area (Å²) in [6.45, 7) is 3.96. The van der Waals surface area contributed by atoms with E-state index in [4.69, 9.17) is 0 Å². The highest BCUT2D eigenvalue weighted by Crippen LogP contribution is 2.00. The zero-order valence-electron chi connectivity index (χ0n) is 9.24. The van der Waals surface area contributed by atoms with E-state index in [2.05, 4.69) is 6.58 Å². The minimum absolute atomic E-state index is 0.332. The monoisotopic (exact) mass is 228 g/mol. The molecule has 0 aliphatic heterocycles. The van der Waals surface area contributed by atoms with Crippen LogP contribution in [0.2, 0.25) is 0 Å². The molecule has 1 aromatic carbocycles. The average Bonchev–Trinajstić information content (AvgIpc) is 2.35. The third-order valence-electron chi connectivity index (χ3n) is 2.39. The third kappa shape index (κ3) is 2.10. The summed E-state index contributed by atoms with van der Waals surface area (Å²) in [5, 5.41) is 0. The fraction of sp³-hybridized carbons (Fsp3) is 0.0769. The summed E-state index contributed by atoms with van der Waals surface area (Å²) < 4.78 is 2.57. The molecule has 86 valence electrons. The Hall–Kier alpha value is -2.36. The molecule has 1 aromatic heterocycles. The number of aromatic nitrogens is 2. The van der Waals surface area contributed by atoms with Crippen LogP contribution in [0.15, 0.2) is 64.8 Å². The number of benzene rings is 1. The molecule has 0 spiro atoms. The lowest BCUT2D eigenvalue weighted by atomic mass is 10.3. The number of hydrogen-bond acceptors (Lipinski definition) is 2. The van der Waals surface area contributed by atoms with Gasteiger partial charge < -0.3 is 0 Å². The van der Waals surface area contributed by atoms with Crippen molar-refractivity contribution in [2.24, 2.45) is 0 Å². The summed E-state index contributed by atoms with van der Waals surface area (Å²) in [6, 6.07) is 10.2. The molecule has 0 N–H and O–H groups in total. The SMILES string of the molecule is C=CCn1ccc(=O)n(-c2ccccc2)c1=O. The van der Waals surface area contributed by atoms with Crippen molar-refractivity contribution < 1.29 is 0 Å². The molecular formula is C13H12N2O2. The molecule has 0 aliphatic rings. The maximum Gasteiger partial charge on any atom is 0.335 e. The first-order valence-electron chi connectivity index (χ1n) is 5.23. The van der Waals surface area contributed by atoms with Crippen LogP contribution in [0, 0.1) is 0 Å². The van der Waals surface area contributed by atoms with Gasteiger partial charge in [0.1, 0.15) is 0 Å². The predicted molar refractivity (Wildman–Crippen MR) is 66.5 cm³/mol. The molecule has 0 saturated heterocycles. The van der Waals surface area contributed by atoms with Crippen molar-refractivity contribution >= 4 is 0 Å². The van der Waals surface area contributed by atoms with Gasteiger partial charge in [-0.1, -0.05) is 24.3 Å². The van der Waals surface area contributed by atoms with Gasteiger partial charge in [-0.25, -0.2) is 9.36 Å². The molecule has 4 heteroatoms. The molecule has 0 bridgehead atoms. The van der Waals surface area contributed by atoms with Gasteiger partial charge in [0.2, 0.25) is 0 Å². The van der Waals surface area contributed by atoms with Gasteiger partial charge in [-0.2, -0.15) is 0 Å². The van der Waals surface area contributed by atoms with E-state index in [1.807, 2.05) is 6.07 Å². The number of para-hydroxylation sites is 1. The number of nitrogens with zero attached hydrogens (tertiary/aromatic N) is 2. The normalized spacial score (nSPS) is 10.1. The maximum atomic E-state index is 12.1. The summed E-state index contributed by atoms with van der Waals surface area (Å²) in [7, 11) is 0. The zero-order chi connectivity index (χ0) is 12.3. The molecule has 2 rings (SSSR count). The fourth-order valence-electron chi connectivity index (χ4n) is 1.61. The van der Waals surface area contributed by atoms with Crippen LogP contribution in [0.5, 0.6) is 0 Å². The summed E-state index contributed by atoms with van der Waals surface area (Å²) >= 11 is 0. The van der Waals surface area contributed by atoms with Gasteiger partial charge in [0.05, 0.1) is 5.69 Å². The largest absolute Gasteiger partial charge is 0.335 e. The van der Waals surface area contributed by atoms with E-state index in [9.17, 15) is 9.59 Å². The van der Waals surface area contributed by atoms with Crippen LogP contribution < -0.4 is 11.2 Å². The molecule has 1 heterocycles. The van der Waals surface area contributed by atoms with E-state index in [0.717, 1.165) is 4.57 Å². The van der Waals surface area contributed by atoms with Crippen LogP contribution in [0.4, 0.5) is 0 Å². The lowest BCUT2D eigenvalue weighted by Gasteiger charge is -2.07. The highest BCUT2D eigenvalue weighted by Gasteiger charge is 2.05. The molecule has 0 radical (unpaired) electrons. The Labute approximate surface area is 98.1 Å². The molecule has 0 atom stereocenters. The second-order valence-corrected chi connectivity index (χ2v) is 3.55. The molecular weight excluding hydrogens is 216 g/mol. The summed E-state index contributed by atoms with van der Waals surface area (Å²) in [5.74, 6) is 0. The Kier molecular flexibility index (Phi) is 3.05. The van der Waals surface area contributed by atoms with Crippen LogP contribution >= 0.6 is 0 Å². The van der Waals surface area contributed by atoms with Crippen molar-refractivity contribution in [3.8, 4) is 5.69 Å². The molecule has 0 unspecified atom stereocenters. The van der Waals surface area contributed by atoms with Gasteiger partial charge in [-0.15, -0.1) is 6.58 Å². The first kappa shape index (κ1) is 11.1. The van der Waals surface area contributed by atoms with E-state index in [-0.39, 0.29) is 11.2 Å². The molecule has 0 amide bonds. The topological polar surface area (TPSA) is 44.0 Å². The van der Waals surface area contributed by atoms with E-state index < -0.39 is 0 Å². The number of allylic oxidation sites excluding steroid dienone is 1. The van der Waals surface area contributed by atoms with Crippen molar-refractivity contribution in [1.29, 1.82) is 0 Å². The van der Waals surface area contributed by atoms with Crippen molar-refractivity contribution in [2.45, 2.75) is 6.54 Å². The lowest BCUT2D eigenvalue weighted by molar-refractivity contribution is 0.694. The minimum atomic E-state index is -0.358. The summed E-state index contributed by atoms with van der Waals surface area (Å²) in [4.78, 5) is 23.8. The van der Waals surface area contributed by atoms with E-state index in [0.29, 0.717) is 12.2 Å². The van der Waals surface area contributed by atoms with Crippen molar-refractivity contribution in [1.82, 2.24) is 9.13 Å². The first-order valence-corrected chi connectivity index (χ1v) is 5.23. The highest BCUT2D eigenvalue weighted by atomic mass is 16.2. The van der Waals surface area contributed by atoms with Crippen molar-refractivity contribution in [3.05, 3.63) is 76.1 Å². The Bertz CT molecular complexity index is 638. The Balaban J connectivity index is 2.69. The van der Waals surface area contributed by atoms with Crippen molar-refractivity contribution in [3.63, 3.8) is 0 Å². The van der Waals surface area contributed by atoms with Gasteiger partial charge in [0.15, 0.2) is 0 Å². The molecule has 17 heavy (non-hydrogen) atoms. The number of rotatable bonds is 3. The van der Waals surface area contributed by atoms with E-state index in [1.165, 1.54) is 16.8 Å². The standard InChI is InChI=1S/C13H12N2O2/c1-2-9-14-10-8-12(16)15(13(14)17)11-6-4-3-5-7-11/h2-8,10H,1,9H2. The molecule has 0 saturated carbocycles.